The first-order valence-corrected chi connectivity index (χ1v) is 3.25. The van der Waals surface area contributed by atoms with Crippen LogP contribution in [0.1, 0.15) is 0 Å². The van der Waals surface area contributed by atoms with Crippen LogP contribution in [-0.4, -0.2) is 0 Å². The van der Waals surface area contributed by atoms with Crippen LogP contribution in [0, 0.1) is 0 Å². The van der Waals surface area contributed by atoms with Crippen LogP contribution in [0.25, 0.3) is 0 Å². The van der Waals surface area contributed by atoms with Gasteiger partial charge >= 0.3 is 0 Å². The Morgan fingerprint density at radius 1 is 1.11 bits per heavy atom. The molecule has 0 saturated carbocycles. The van der Waals surface area contributed by atoms with Gasteiger partial charge in [-0.1, -0.05) is 23.7 Å². The first-order chi connectivity index (χ1) is 3.79. The van der Waals surface area contributed by atoms with Gasteiger partial charge in [-0.2, -0.15) is 0 Å². The van der Waals surface area contributed by atoms with Crippen molar-refractivity contribution in [2.24, 2.45) is 0 Å². The van der Waals surface area contributed by atoms with Crippen LogP contribution >= 0.6 is 33.2 Å². The Morgan fingerprint density at radius 3 is 1.89 bits per heavy atom. The molecule has 50 valence electrons. The molecule has 1 atom stereocenters. The molecule has 0 nitrogen and oxygen atoms in total. The van der Waals surface area contributed by atoms with E-state index < -0.39 is 0 Å². The van der Waals surface area contributed by atoms with E-state index in [-0.39, 0.29) is 12.4 Å². The van der Waals surface area contributed by atoms with Crippen molar-refractivity contribution in [3.05, 3.63) is 29.3 Å². The van der Waals surface area contributed by atoms with Crippen molar-refractivity contribution in [3.63, 3.8) is 0 Å². The molecule has 0 saturated heterocycles. The molecule has 0 amide bonds. The second-order valence-corrected chi connectivity index (χ2v) is 2.65. The Kier molecular flexibility index (Phi) is 4.22. The van der Waals surface area contributed by atoms with Gasteiger partial charge in [0, 0.05) is 5.02 Å². The maximum Gasteiger partial charge on any atom is 0.0406 e. The van der Waals surface area contributed by atoms with E-state index >= 15 is 0 Å². The summed E-state index contributed by atoms with van der Waals surface area (Å²) in [5.41, 5.74) is 0. The van der Waals surface area contributed by atoms with Crippen molar-refractivity contribution >= 4 is 38.6 Å². The summed E-state index contributed by atoms with van der Waals surface area (Å²) in [5.74, 6) is 0. The van der Waals surface area contributed by atoms with Crippen molar-refractivity contribution in [1.29, 1.82) is 0 Å². The lowest BCUT2D eigenvalue weighted by molar-refractivity contribution is 1.77. The monoisotopic (exact) mass is 180 g/mol. The zero-order valence-corrected chi connectivity index (χ0v) is 7.40. The second kappa shape index (κ2) is 4.11. The predicted octanol–water partition coefficient (Wildman–Crippen LogP) is 2.26. The van der Waals surface area contributed by atoms with E-state index in [9.17, 15) is 0 Å². The lowest BCUT2D eigenvalue weighted by Crippen LogP contribution is -1.84. The van der Waals surface area contributed by atoms with Crippen LogP contribution in [0.4, 0.5) is 0 Å². The van der Waals surface area contributed by atoms with Crippen LogP contribution in [0.3, 0.4) is 0 Å². The van der Waals surface area contributed by atoms with Gasteiger partial charge in [0.25, 0.3) is 0 Å². The highest BCUT2D eigenvalue weighted by Crippen LogP contribution is 2.04. The van der Waals surface area contributed by atoms with E-state index in [0.29, 0.717) is 0 Å². The summed E-state index contributed by atoms with van der Waals surface area (Å²) in [6, 6.07) is 7.63. The molecule has 0 heterocycles. The quantitative estimate of drug-likeness (QED) is 0.538. The van der Waals surface area contributed by atoms with Crippen LogP contribution in [0.5, 0.6) is 0 Å². The maximum absolute atomic E-state index is 5.60. The summed E-state index contributed by atoms with van der Waals surface area (Å²) < 4.78 is 0. The van der Waals surface area contributed by atoms with E-state index in [4.69, 9.17) is 11.6 Å². The zero-order valence-electron chi connectivity index (χ0n) is 4.67. The molecule has 0 spiro atoms. The van der Waals surface area contributed by atoms with Gasteiger partial charge < -0.3 is 0 Å². The molecule has 0 aliphatic heterocycles. The minimum absolute atomic E-state index is 0. The van der Waals surface area contributed by atoms with Gasteiger partial charge in [0.05, 0.1) is 0 Å². The van der Waals surface area contributed by atoms with Gasteiger partial charge in [-0.05, 0) is 17.4 Å². The fourth-order valence-corrected chi connectivity index (χ4v) is 0.781. The number of hydrogen-bond acceptors (Lipinski definition) is 0. The zero-order chi connectivity index (χ0) is 5.98. The van der Waals surface area contributed by atoms with Gasteiger partial charge in [0.15, 0.2) is 0 Å². The smallest absolute Gasteiger partial charge is 0.0406 e. The normalized spacial score (nSPS) is 8.22. The minimum Gasteiger partial charge on any atom is -0.147 e. The fourth-order valence-electron chi connectivity index (χ4n) is 0.463. The van der Waals surface area contributed by atoms with Crippen LogP contribution < -0.4 is 5.30 Å². The molecule has 0 aromatic heterocycles. The lowest BCUT2D eigenvalue weighted by atomic mass is 10.4. The van der Waals surface area contributed by atoms with Crippen molar-refractivity contribution in [2.45, 2.75) is 0 Å². The molecule has 0 fully saturated rings. The number of rotatable bonds is 0. The first kappa shape index (κ1) is 9.23. The Balaban J connectivity index is 0.000000640. The highest BCUT2D eigenvalue weighted by atomic mass is 35.5. The van der Waals surface area contributed by atoms with Crippen molar-refractivity contribution in [1.82, 2.24) is 0 Å². The Morgan fingerprint density at radius 2 is 1.56 bits per heavy atom. The average molecular weight is 181 g/mol. The van der Waals surface area contributed by atoms with E-state index in [1.165, 1.54) is 0 Å². The molecule has 0 radical (unpaired) electrons. The van der Waals surface area contributed by atoms with Crippen molar-refractivity contribution in [2.75, 3.05) is 0 Å². The largest absolute Gasteiger partial charge is 0.147 e. The third-order valence-electron chi connectivity index (χ3n) is 0.870. The van der Waals surface area contributed by atoms with Crippen LogP contribution in [0.2, 0.25) is 5.02 Å². The third kappa shape index (κ3) is 3.05. The van der Waals surface area contributed by atoms with E-state index in [1.54, 1.807) is 0 Å². The Labute approximate surface area is 68.2 Å². The summed E-state index contributed by atoms with van der Waals surface area (Å²) in [4.78, 5) is 0. The minimum atomic E-state index is 0. The number of halogens is 2. The summed E-state index contributed by atoms with van der Waals surface area (Å²) in [6.45, 7) is 0. The molecule has 0 bridgehead atoms. The van der Waals surface area contributed by atoms with E-state index in [0.717, 1.165) is 10.3 Å². The molecule has 1 unspecified atom stereocenters. The van der Waals surface area contributed by atoms with E-state index in [2.05, 4.69) is 9.24 Å². The molecule has 0 aliphatic rings. The Hall–Kier alpha value is 0.230. The van der Waals surface area contributed by atoms with Gasteiger partial charge in [-0.25, -0.2) is 0 Å². The number of hydrogen-bond donors (Lipinski definition) is 0. The van der Waals surface area contributed by atoms with Gasteiger partial charge in [-0.3, -0.25) is 0 Å². The molecule has 3 heteroatoms. The molecule has 1 aromatic carbocycles. The topological polar surface area (TPSA) is 0 Å². The molecule has 9 heavy (non-hydrogen) atoms. The van der Waals surface area contributed by atoms with Crippen LogP contribution in [-0.2, 0) is 0 Å². The van der Waals surface area contributed by atoms with Crippen LogP contribution in [0.15, 0.2) is 24.3 Å². The first-order valence-electron chi connectivity index (χ1n) is 2.30. The third-order valence-corrected chi connectivity index (χ3v) is 1.51. The van der Waals surface area contributed by atoms with E-state index in [1.807, 2.05) is 24.3 Å². The average Bonchev–Trinajstić information content (AvgIpc) is 1.77. The highest BCUT2D eigenvalue weighted by Gasteiger charge is 1.82. The van der Waals surface area contributed by atoms with Gasteiger partial charge in [0.1, 0.15) is 0 Å². The molecular formula is C6H7Cl2P. The maximum atomic E-state index is 5.60. The second-order valence-electron chi connectivity index (χ2n) is 1.55. The summed E-state index contributed by atoms with van der Waals surface area (Å²) in [7, 11) is 2.59. The number of benzene rings is 1. The van der Waals surface area contributed by atoms with Crippen molar-refractivity contribution in [3.8, 4) is 0 Å². The van der Waals surface area contributed by atoms with Gasteiger partial charge in [-0.15, -0.1) is 21.6 Å². The summed E-state index contributed by atoms with van der Waals surface area (Å²) in [6.07, 6.45) is 0. The lowest BCUT2D eigenvalue weighted by Gasteiger charge is -1.88. The summed E-state index contributed by atoms with van der Waals surface area (Å²) in [5, 5.41) is 1.95. The van der Waals surface area contributed by atoms with Gasteiger partial charge in [0.2, 0.25) is 0 Å². The molecule has 0 aliphatic carbocycles. The van der Waals surface area contributed by atoms with Crippen molar-refractivity contribution < 1.29 is 0 Å². The molecule has 0 N–H and O–H groups in total. The SMILES string of the molecule is Cl.Pc1ccc(Cl)cc1. The standard InChI is InChI=1S/C6H6ClP.ClH/c7-5-1-3-6(8)4-2-5;/h1-4H,8H2;1H. The predicted molar refractivity (Wildman–Crippen MR) is 48.0 cm³/mol. The fraction of sp³-hybridized carbons (Fsp3) is 0. The Bertz CT molecular complexity index is 150. The highest BCUT2D eigenvalue weighted by molar-refractivity contribution is 7.27. The molecular weight excluding hydrogens is 174 g/mol. The molecule has 1 aromatic rings. The molecule has 1 rings (SSSR count). The summed E-state index contributed by atoms with van der Waals surface area (Å²) >= 11 is 5.60.